The summed E-state index contributed by atoms with van der Waals surface area (Å²) in [5.74, 6) is 1.56. The molecular weight excluding hydrogens is 348 g/mol. The van der Waals surface area contributed by atoms with Crippen LogP contribution in [0.25, 0.3) is 11.1 Å². The van der Waals surface area contributed by atoms with Gasteiger partial charge in [-0.1, -0.05) is 70.7 Å². The Kier molecular flexibility index (Phi) is 9.06. The molecule has 1 saturated carbocycles. The van der Waals surface area contributed by atoms with Crippen molar-refractivity contribution in [1.82, 2.24) is 0 Å². The minimum Gasteiger partial charge on any atom is -0.494 e. The lowest BCUT2D eigenvalue weighted by atomic mass is 10.1. The largest absolute Gasteiger partial charge is 0.494 e. The van der Waals surface area contributed by atoms with Crippen LogP contribution in [0.1, 0.15) is 65.7 Å². The highest BCUT2D eigenvalue weighted by Crippen LogP contribution is 2.31. The van der Waals surface area contributed by atoms with Gasteiger partial charge in [-0.3, -0.25) is 4.79 Å². The van der Waals surface area contributed by atoms with Crippen LogP contribution >= 0.6 is 0 Å². The molecule has 0 atom stereocenters. The monoisotopic (exact) mass is 382 g/mol. The van der Waals surface area contributed by atoms with Crippen molar-refractivity contribution in [2.24, 2.45) is 5.92 Å². The SMILES string of the molecule is C.CCCCCCCCOc1ccc(-c2ccc(OC(=O)C3CC3)cc2)cc1. The fraction of sp³-hybridized carbons (Fsp3) is 0.480. The molecule has 3 nitrogen and oxygen atoms in total. The Balaban J connectivity index is 0.00000280. The zero-order valence-electron chi connectivity index (χ0n) is 16.3. The van der Waals surface area contributed by atoms with Crippen LogP contribution in [0, 0.1) is 5.92 Å². The molecule has 0 aliphatic heterocycles. The summed E-state index contributed by atoms with van der Waals surface area (Å²) in [5, 5.41) is 0. The maximum absolute atomic E-state index is 11.7. The molecule has 2 aromatic carbocycles. The van der Waals surface area contributed by atoms with Gasteiger partial charge in [0.05, 0.1) is 12.5 Å². The molecular formula is C25H34O3. The summed E-state index contributed by atoms with van der Waals surface area (Å²) in [7, 11) is 0. The lowest BCUT2D eigenvalue weighted by Crippen LogP contribution is -2.09. The predicted molar refractivity (Wildman–Crippen MR) is 116 cm³/mol. The smallest absolute Gasteiger partial charge is 0.314 e. The van der Waals surface area contributed by atoms with E-state index in [1.165, 1.54) is 32.1 Å². The third-order valence-corrected chi connectivity index (χ3v) is 4.94. The topological polar surface area (TPSA) is 35.5 Å². The van der Waals surface area contributed by atoms with E-state index in [-0.39, 0.29) is 19.3 Å². The van der Waals surface area contributed by atoms with Gasteiger partial charge in [-0.25, -0.2) is 0 Å². The van der Waals surface area contributed by atoms with E-state index >= 15 is 0 Å². The maximum Gasteiger partial charge on any atom is 0.314 e. The van der Waals surface area contributed by atoms with E-state index in [1.807, 2.05) is 36.4 Å². The van der Waals surface area contributed by atoms with Crippen LogP contribution in [0.15, 0.2) is 48.5 Å². The van der Waals surface area contributed by atoms with Gasteiger partial charge < -0.3 is 9.47 Å². The summed E-state index contributed by atoms with van der Waals surface area (Å²) in [6, 6.07) is 15.9. The van der Waals surface area contributed by atoms with Gasteiger partial charge in [0.2, 0.25) is 0 Å². The molecule has 0 radical (unpaired) electrons. The first-order valence-electron chi connectivity index (χ1n) is 10.3. The zero-order valence-corrected chi connectivity index (χ0v) is 16.3. The van der Waals surface area contributed by atoms with Crippen LogP contribution in [0.3, 0.4) is 0 Å². The number of unbranched alkanes of at least 4 members (excludes halogenated alkanes) is 5. The van der Waals surface area contributed by atoms with E-state index < -0.39 is 0 Å². The first-order chi connectivity index (χ1) is 13.3. The van der Waals surface area contributed by atoms with Crippen molar-refractivity contribution in [2.75, 3.05) is 6.61 Å². The molecule has 0 heterocycles. The molecule has 1 aliphatic carbocycles. The Morgan fingerprint density at radius 2 is 1.36 bits per heavy atom. The molecule has 28 heavy (non-hydrogen) atoms. The average molecular weight is 383 g/mol. The van der Waals surface area contributed by atoms with Crippen LogP contribution in [0.2, 0.25) is 0 Å². The van der Waals surface area contributed by atoms with E-state index in [1.54, 1.807) is 0 Å². The van der Waals surface area contributed by atoms with Gasteiger partial charge in [0.25, 0.3) is 0 Å². The quantitative estimate of drug-likeness (QED) is 0.237. The molecule has 0 unspecified atom stereocenters. The lowest BCUT2D eigenvalue weighted by Gasteiger charge is -2.08. The Morgan fingerprint density at radius 1 is 0.821 bits per heavy atom. The maximum atomic E-state index is 11.7. The molecule has 3 rings (SSSR count). The van der Waals surface area contributed by atoms with Gasteiger partial charge in [0.1, 0.15) is 11.5 Å². The summed E-state index contributed by atoms with van der Waals surface area (Å²) in [4.78, 5) is 11.7. The van der Waals surface area contributed by atoms with Crippen LogP contribution in [-0.4, -0.2) is 12.6 Å². The van der Waals surface area contributed by atoms with Gasteiger partial charge in [-0.2, -0.15) is 0 Å². The Bertz CT molecular complexity index is 700. The van der Waals surface area contributed by atoms with E-state index in [0.717, 1.165) is 42.7 Å². The number of rotatable bonds is 11. The van der Waals surface area contributed by atoms with Crippen molar-refractivity contribution in [3.8, 4) is 22.6 Å². The second kappa shape index (κ2) is 11.5. The molecule has 1 fully saturated rings. The standard InChI is InChI=1S/C24H30O3.CH4/c1-2-3-4-5-6-7-18-26-22-14-10-19(11-15-22)20-12-16-23(17-13-20)27-24(25)21-8-9-21;/h10-17,21H,2-9,18H2,1H3;1H4. The van der Waals surface area contributed by atoms with Crippen molar-refractivity contribution in [2.45, 2.75) is 65.7 Å². The molecule has 0 bridgehead atoms. The number of hydrogen-bond acceptors (Lipinski definition) is 3. The number of benzene rings is 2. The normalized spacial score (nSPS) is 12.9. The molecule has 0 N–H and O–H groups in total. The van der Waals surface area contributed by atoms with Crippen molar-refractivity contribution >= 4 is 5.97 Å². The minimum atomic E-state index is -0.102. The highest BCUT2D eigenvalue weighted by Gasteiger charge is 2.31. The second-order valence-corrected chi connectivity index (χ2v) is 7.36. The third kappa shape index (κ3) is 7.03. The first-order valence-corrected chi connectivity index (χ1v) is 10.3. The highest BCUT2D eigenvalue weighted by atomic mass is 16.5. The minimum absolute atomic E-state index is 0. The molecule has 1 aliphatic rings. The number of hydrogen-bond donors (Lipinski definition) is 0. The average Bonchev–Trinajstić information content (AvgIpc) is 3.54. The first kappa shape index (κ1) is 22.0. The fourth-order valence-corrected chi connectivity index (χ4v) is 3.05. The Hall–Kier alpha value is -2.29. The summed E-state index contributed by atoms with van der Waals surface area (Å²) < 4.78 is 11.2. The number of ether oxygens (including phenoxy) is 2. The van der Waals surface area contributed by atoms with Gasteiger partial charge in [0, 0.05) is 0 Å². The van der Waals surface area contributed by atoms with Gasteiger partial charge in [0.15, 0.2) is 0 Å². The van der Waals surface area contributed by atoms with Crippen LogP contribution in [-0.2, 0) is 4.79 Å². The number of carbonyl (C=O) groups excluding carboxylic acids is 1. The summed E-state index contributed by atoms with van der Waals surface area (Å²) in [6.45, 7) is 3.03. The van der Waals surface area contributed by atoms with Gasteiger partial charge in [-0.05, 0) is 54.7 Å². The Labute approximate surface area is 170 Å². The van der Waals surface area contributed by atoms with Crippen LogP contribution in [0.4, 0.5) is 0 Å². The fourth-order valence-electron chi connectivity index (χ4n) is 3.05. The number of carbonyl (C=O) groups is 1. The van der Waals surface area contributed by atoms with Gasteiger partial charge in [-0.15, -0.1) is 0 Å². The zero-order chi connectivity index (χ0) is 18.9. The van der Waals surface area contributed by atoms with Gasteiger partial charge >= 0.3 is 5.97 Å². The summed E-state index contributed by atoms with van der Waals surface area (Å²) in [6.07, 6.45) is 9.56. The molecule has 0 saturated heterocycles. The third-order valence-electron chi connectivity index (χ3n) is 4.94. The van der Waals surface area contributed by atoms with E-state index in [2.05, 4.69) is 19.1 Å². The summed E-state index contributed by atoms with van der Waals surface area (Å²) >= 11 is 0. The van der Waals surface area contributed by atoms with E-state index in [4.69, 9.17) is 9.47 Å². The Morgan fingerprint density at radius 3 is 1.93 bits per heavy atom. The molecule has 0 aromatic heterocycles. The predicted octanol–water partition coefficient (Wildman–Crippen LogP) is 7.04. The lowest BCUT2D eigenvalue weighted by molar-refractivity contribution is -0.135. The molecule has 0 spiro atoms. The van der Waals surface area contributed by atoms with Crippen LogP contribution in [0.5, 0.6) is 11.5 Å². The van der Waals surface area contributed by atoms with E-state index in [9.17, 15) is 4.79 Å². The molecule has 0 amide bonds. The van der Waals surface area contributed by atoms with Crippen molar-refractivity contribution < 1.29 is 14.3 Å². The van der Waals surface area contributed by atoms with Crippen LogP contribution < -0.4 is 9.47 Å². The highest BCUT2D eigenvalue weighted by molar-refractivity contribution is 5.77. The molecule has 2 aromatic rings. The van der Waals surface area contributed by atoms with Crippen molar-refractivity contribution in [3.63, 3.8) is 0 Å². The molecule has 152 valence electrons. The molecule has 3 heteroatoms. The second-order valence-electron chi connectivity index (χ2n) is 7.36. The van der Waals surface area contributed by atoms with Crippen molar-refractivity contribution in [3.05, 3.63) is 48.5 Å². The van der Waals surface area contributed by atoms with Crippen molar-refractivity contribution in [1.29, 1.82) is 0 Å². The number of esters is 1. The van der Waals surface area contributed by atoms with E-state index in [0.29, 0.717) is 5.75 Å². The summed E-state index contributed by atoms with van der Waals surface area (Å²) in [5.41, 5.74) is 2.23.